The second-order valence-corrected chi connectivity index (χ2v) is 11.6. The van der Waals surface area contributed by atoms with Gasteiger partial charge in [-0.2, -0.15) is 8.42 Å². The molecule has 0 aliphatic carbocycles. The predicted octanol–water partition coefficient (Wildman–Crippen LogP) is 5.47. The first-order valence-corrected chi connectivity index (χ1v) is 13.4. The molecule has 0 saturated carbocycles. The van der Waals surface area contributed by atoms with Crippen LogP contribution in [-0.4, -0.2) is 38.0 Å². The van der Waals surface area contributed by atoms with Gasteiger partial charge in [-0.1, -0.05) is 31.2 Å². The molecule has 1 aromatic heterocycles. The number of thiazole rings is 1. The van der Waals surface area contributed by atoms with E-state index in [0.717, 1.165) is 34.4 Å². The number of carbonyl (C=O) groups excluding carboxylic acids is 1. The molecular weight excluding hydrogens is 448 g/mol. The second-order valence-electron chi connectivity index (χ2n) is 9.09. The van der Waals surface area contributed by atoms with Crippen LogP contribution >= 0.6 is 11.3 Å². The molecule has 0 unspecified atom stereocenters. The highest BCUT2D eigenvalue weighted by molar-refractivity contribution is 7.85. The van der Waals surface area contributed by atoms with Crippen molar-refractivity contribution in [3.63, 3.8) is 0 Å². The van der Waals surface area contributed by atoms with Crippen LogP contribution in [0.25, 0.3) is 10.4 Å². The highest BCUT2D eigenvalue weighted by Crippen LogP contribution is 2.30. The third-order valence-electron chi connectivity index (χ3n) is 4.87. The number of amides is 1. The molecule has 178 valence electrons. The van der Waals surface area contributed by atoms with Gasteiger partial charge in [-0.05, 0) is 64.0 Å². The lowest BCUT2D eigenvalue weighted by Crippen LogP contribution is -2.35. The number of nitrogens with one attached hydrogen (secondary N) is 1. The van der Waals surface area contributed by atoms with E-state index in [4.69, 9.17) is 8.92 Å². The summed E-state index contributed by atoms with van der Waals surface area (Å²) in [5, 5.41) is 2.99. The van der Waals surface area contributed by atoms with Gasteiger partial charge in [-0.15, -0.1) is 11.3 Å². The molecule has 2 rings (SSSR count). The first kappa shape index (κ1) is 26.3. The molecule has 9 heteroatoms. The van der Waals surface area contributed by atoms with Gasteiger partial charge in [0.25, 0.3) is 10.1 Å². The Morgan fingerprint density at radius 3 is 2.34 bits per heavy atom. The predicted molar refractivity (Wildman–Crippen MR) is 128 cm³/mol. The highest BCUT2D eigenvalue weighted by atomic mass is 32.2. The molecule has 1 N–H and O–H groups in total. The van der Waals surface area contributed by atoms with Crippen LogP contribution in [0.4, 0.5) is 4.79 Å². The summed E-state index contributed by atoms with van der Waals surface area (Å²) in [5.41, 5.74) is 4.33. The zero-order chi connectivity index (χ0) is 23.9. The van der Waals surface area contributed by atoms with Gasteiger partial charge in [0.2, 0.25) is 0 Å². The summed E-state index contributed by atoms with van der Waals surface area (Å²) < 4.78 is 32.6. The summed E-state index contributed by atoms with van der Waals surface area (Å²) in [5.74, 6) is 0.235. The number of hydrogen-bond donors (Lipinski definition) is 1. The van der Waals surface area contributed by atoms with E-state index in [1.165, 1.54) is 0 Å². The maximum Gasteiger partial charge on any atom is 0.408 e. The van der Waals surface area contributed by atoms with Gasteiger partial charge in [-0.3, -0.25) is 4.18 Å². The molecule has 7 nitrogen and oxygen atoms in total. The summed E-state index contributed by atoms with van der Waals surface area (Å²) >= 11 is 1.60. The number of ether oxygens (including phenoxy) is 1. The molecule has 0 spiro atoms. The van der Waals surface area contributed by atoms with Crippen molar-refractivity contribution in [2.75, 3.05) is 12.9 Å². The fourth-order valence-corrected chi connectivity index (χ4v) is 4.42. The Bertz CT molecular complexity index is 979. The number of hydrogen-bond acceptors (Lipinski definition) is 7. The maximum absolute atomic E-state index is 12.4. The average Bonchev–Trinajstić information content (AvgIpc) is 3.08. The van der Waals surface area contributed by atoms with E-state index < -0.39 is 21.8 Å². The van der Waals surface area contributed by atoms with Crippen LogP contribution < -0.4 is 5.32 Å². The first-order valence-electron chi connectivity index (χ1n) is 10.7. The molecule has 2 aromatic rings. The van der Waals surface area contributed by atoms with Gasteiger partial charge in [-0.25, -0.2) is 9.78 Å². The quantitative estimate of drug-likeness (QED) is 0.452. The van der Waals surface area contributed by atoms with Gasteiger partial charge in [0, 0.05) is 0 Å². The van der Waals surface area contributed by atoms with E-state index in [1.54, 1.807) is 11.3 Å². The standard InChI is InChI=1S/C23H34N2O5S2/c1-16(13-14-29-32(6,27)28)7-12-20(25-22(26)30-23(3,4)5)18-8-10-19(11-9-18)21-17(2)24-15-31-21/h8-11,15-16,20H,7,12-14H2,1-6H3,(H,25,26)/t16-,20-/m0/s1. The third kappa shape index (κ3) is 9.26. The van der Waals surface area contributed by atoms with Crippen molar-refractivity contribution in [3.8, 4) is 10.4 Å². The minimum Gasteiger partial charge on any atom is -0.444 e. The lowest BCUT2D eigenvalue weighted by atomic mass is 9.94. The fourth-order valence-electron chi connectivity index (χ4n) is 3.21. The molecule has 0 aliphatic rings. The Labute approximate surface area is 195 Å². The van der Waals surface area contributed by atoms with E-state index in [9.17, 15) is 13.2 Å². The van der Waals surface area contributed by atoms with Crippen molar-refractivity contribution in [3.05, 3.63) is 41.0 Å². The number of alkyl carbamates (subject to hydrolysis) is 1. The van der Waals surface area contributed by atoms with Crippen LogP contribution in [0.5, 0.6) is 0 Å². The zero-order valence-electron chi connectivity index (χ0n) is 19.7. The maximum atomic E-state index is 12.4. The zero-order valence-corrected chi connectivity index (χ0v) is 21.3. The van der Waals surface area contributed by atoms with Crippen molar-refractivity contribution in [2.45, 2.75) is 65.5 Å². The van der Waals surface area contributed by atoms with E-state index >= 15 is 0 Å². The minimum atomic E-state index is -3.43. The van der Waals surface area contributed by atoms with Crippen LogP contribution in [-0.2, 0) is 19.0 Å². The van der Waals surface area contributed by atoms with Crippen molar-refractivity contribution in [1.29, 1.82) is 0 Å². The SMILES string of the molecule is Cc1ncsc1-c1ccc([C@H](CC[C@H](C)CCOS(C)(=O)=O)NC(=O)OC(C)(C)C)cc1. The smallest absolute Gasteiger partial charge is 0.408 e. The van der Waals surface area contributed by atoms with Gasteiger partial charge in [0.05, 0.1) is 35.0 Å². The summed E-state index contributed by atoms with van der Waals surface area (Å²) in [6, 6.07) is 7.91. The molecule has 0 fully saturated rings. The minimum absolute atomic E-state index is 0.160. The molecule has 0 radical (unpaired) electrons. The number of rotatable bonds is 10. The Morgan fingerprint density at radius 1 is 1.16 bits per heavy atom. The molecule has 1 aromatic carbocycles. The Hall–Kier alpha value is -1.97. The molecule has 1 amide bonds. The summed E-state index contributed by atoms with van der Waals surface area (Å²) in [6.45, 7) is 9.69. The van der Waals surface area contributed by atoms with Crippen LogP contribution in [0.2, 0.25) is 0 Å². The van der Waals surface area contributed by atoms with Gasteiger partial charge in [0.1, 0.15) is 5.60 Å². The van der Waals surface area contributed by atoms with Crippen molar-refractivity contribution in [2.24, 2.45) is 5.92 Å². The van der Waals surface area contributed by atoms with Gasteiger partial charge in [0.15, 0.2) is 0 Å². The Kier molecular flexibility index (Phi) is 9.24. The summed E-state index contributed by atoms with van der Waals surface area (Å²) in [6.07, 6.45) is 2.70. The van der Waals surface area contributed by atoms with Crippen LogP contribution in [0.1, 0.15) is 64.3 Å². The third-order valence-corrected chi connectivity index (χ3v) is 6.44. The monoisotopic (exact) mass is 482 g/mol. The molecule has 0 aliphatic heterocycles. The van der Waals surface area contributed by atoms with Gasteiger partial charge >= 0.3 is 6.09 Å². The first-order chi connectivity index (χ1) is 14.8. The van der Waals surface area contributed by atoms with Crippen molar-refractivity contribution < 1.29 is 22.1 Å². The largest absolute Gasteiger partial charge is 0.444 e. The van der Waals surface area contributed by atoms with Gasteiger partial charge < -0.3 is 10.1 Å². The number of aryl methyl sites for hydroxylation is 1. The molecular formula is C23H34N2O5S2. The van der Waals surface area contributed by atoms with E-state index in [1.807, 2.05) is 64.4 Å². The number of benzene rings is 1. The van der Waals surface area contributed by atoms with Crippen molar-refractivity contribution >= 4 is 27.5 Å². The molecule has 2 atom stereocenters. The average molecular weight is 483 g/mol. The lowest BCUT2D eigenvalue weighted by molar-refractivity contribution is 0.0499. The molecule has 1 heterocycles. The fraction of sp³-hybridized carbons (Fsp3) is 0.565. The lowest BCUT2D eigenvalue weighted by Gasteiger charge is -2.25. The summed E-state index contributed by atoms with van der Waals surface area (Å²) in [7, 11) is -3.43. The highest BCUT2D eigenvalue weighted by Gasteiger charge is 2.21. The van der Waals surface area contributed by atoms with Crippen LogP contribution in [0, 0.1) is 12.8 Å². The van der Waals surface area contributed by atoms with Crippen LogP contribution in [0.3, 0.4) is 0 Å². The number of aromatic nitrogens is 1. The topological polar surface area (TPSA) is 94.6 Å². The molecule has 32 heavy (non-hydrogen) atoms. The van der Waals surface area contributed by atoms with E-state index in [2.05, 4.69) is 10.3 Å². The number of nitrogens with zero attached hydrogens (tertiary/aromatic N) is 1. The van der Waals surface area contributed by atoms with Crippen molar-refractivity contribution in [1.82, 2.24) is 10.3 Å². The molecule has 0 saturated heterocycles. The van der Waals surface area contributed by atoms with E-state index in [0.29, 0.717) is 12.8 Å². The molecule has 0 bridgehead atoms. The normalized spacial score (nSPS) is 14.1. The number of carbonyl (C=O) groups is 1. The second kappa shape index (κ2) is 11.2. The Morgan fingerprint density at radius 2 is 1.81 bits per heavy atom. The Balaban J connectivity index is 2.08. The van der Waals surface area contributed by atoms with E-state index in [-0.39, 0.29) is 18.6 Å². The summed E-state index contributed by atoms with van der Waals surface area (Å²) in [4.78, 5) is 17.9. The van der Waals surface area contributed by atoms with Crippen LogP contribution in [0.15, 0.2) is 29.8 Å².